The van der Waals surface area contributed by atoms with E-state index >= 15 is 0 Å². The van der Waals surface area contributed by atoms with Crippen molar-refractivity contribution in [3.63, 3.8) is 0 Å². The Morgan fingerprint density at radius 1 is 1.28 bits per heavy atom. The van der Waals surface area contributed by atoms with Crippen LogP contribution < -0.4 is 0 Å². The molecule has 1 heterocycles. The van der Waals surface area contributed by atoms with E-state index in [-0.39, 0.29) is 11.8 Å². The number of rotatable bonds is 3. The summed E-state index contributed by atoms with van der Waals surface area (Å²) in [6.07, 6.45) is -2.51. The molecule has 0 spiro atoms. The first-order valence-corrected chi connectivity index (χ1v) is 6.88. The molecule has 1 aliphatic heterocycles. The maximum absolute atomic E-state index is 12.4. The number of carbonyl (C=O) groups excluding carboxylic acids is 1. The molecular formula is C13H13F3OS. The number of benzene rings is 1. The smallest absolute Gasteiger partial charge is 0.303 e. The van der Waals surface area contributed by atoms with E-state index in [4.69, 9.17) is 0 Å². The highest BCUT2D eigenvalue weighted by molar-refractivity contribution is 7.99. The molecule has 0 saturated carbocycles. The van der Waals surface area contributed by atoms with Gasteiger partial charge in [-0.3, -0.25) is 0 Å². The number of halogens is 3. The van der Waals surface area contributed by atoms with E-state index in [9.17, 15) is 18.0 Å². The van der Waals surface area contributed by atoms with Crippen molar-refractivity contribution in [3.8, 4) is 0 Å². The van der Waals surface area contributed by atoms with Crippen LogP contribution in [-0.2, 0) is 11.0 Å². The molecule has 0 radical (unpaired) electrons. The van der Waals surface area contributed by atoms with Crippen molar-refractivity contribution in [2.75, 3.05) is 11.5 Å². The second-order valence-electron chi connectivity index (χ2n) is 4.41. The van der Waals surface area contributed by atoms with Gasteiger partial charge in [0.1, 0.15) is 6.29 Å². The van der Waals surface area contributed by atoms with E-state index in [1.54, 1.807) is 11.8 Å². The highest BCUT2D eigenvalue weighted by atomic mass is 32.2. The molecule has 2 atom stereocenters. The van der Waals surface area contributed by atoms with E-state index in [0.717, 1.165) is 36.3 Å². The third kappa shape index (κ3) is 2.88. The molecule has 0 aromatic heterocycles. The first-order valence-electron chi connectivity index (χ1n) is 5.72. The van der Waals surface area contributed by atoms with Gasteiger partial charge in [-0.25, -0.2) is 0 Å². The monoisotopic (exact) mass is 274 g/mol. The minimum Gasteiger partial charge on any atom is -0.303 e. The van der Waals surface area contributed by atoms with Crippen LogP contribution >= 0.6 is 11.8 Å². The van der Waals surface area contributed by atoms with Crippen LogP contribution in [0.4, 0.5) is 13.2 Å². The summed E-state index contributed by atoms with van der Waals surface area (Å²) in [6, 6.07) is 4.94. The number of carbonyl (C=O) groups is 1. The van der Waals surface area contributed by atoms with Crippen molar-refractivity contribution < 1.29 is 18.0 Å². The van der Waals surface area contributed by atoms with Crippen LogP contribution in [0.2, 0.25) is 0 Å². The zero-order valence-corrected chi connectivity index (χ0v) is 10.4. The second-order valence-corrected chi connectivity index (χ2v) is 5.56. The largest absolute Gasteiger partial charge is 0.416 e. The number of alkyl halides is 3. The fraction of sp³-hybridized carbons (Fsp3) is 0.462. The predicted molar refractivity (Wildman–Crippen MR) is 65.7 cm³/mol. The third-order valence-corrected chi connectivity index (χ3v) is 4.43. The van der Waals surface area contributed by atoms with Gasteiger partial charge in [-0.2, -0.15) is 24.9 Å². The first-order chi connectivity index (χ1) is 8.52. The summed E-state index contributed by atoms with van der Waals surface area (Å²) in [5, 5.41) is 0. The number of thioether (sulfide) groups is 1. The average molecular weight is 274 g/mol. The van der Waals surface area contributed by atoms with Crippen molar-refractivity contribution in [1.82, 2.24) is 0 Å². The lowest BCUT2D eigenvalue weighted by Crippen LogP contribution is -2.14. The fourth-order valence-electron chi connectivity index (χ4n) is 2.19. The lowest BCUT2D eigenvalue weighted by Gasteiger charge is -2.18. The Labute approximate surface area is 108 Å². The SMILES string of the molecule is O=CC(c1ccc(C(F)(F)F)cc1)C1CCSC1. The molecule has 1 fully saturated rings. The summed E-state index contributed by atoms with van der Waals surface area (Å²) >= 11 is 1.79. The second kappa shape index (κ2) is 5.34. The van der Waals surface area contributed by atoms with E-state index in [2.05, 4.69) is 0 Å². The topological polar surface area (TPSA) is 17.1 Å². The number of hydrogen-bond acceptors (Lipinski definition) is 2. The molecule has 0 amide bonds. The summed E-state index contributed by atoms with van der Waals surface area (Å²) < 4.78 is 37.3. The van der Waals surface area contributed by atoms with Crippen LogP contribution in [0.3, 0.4) is 0 Å². The zero-order chi connectivity index (χ0) is 13.2. The van der Waals surface area contributed by atoms with E-state index < -0.39 is 11.7 Å². The lowest BCUT2D eigenvalue weighted by molar-refractivity contribution is -0.137. The first kappa shape index (κ1) is 13.5. The number of aldehydes is 1. The maximum atomic E-state index is 12.4. The molecule has 5 heteroatoms. The minimum atomic E-state index is -4.32. The number of hydrogen-bond donors (Lipinski definition) is 0. The van der Waals surface area contributed by atoms with Crippen LogP contribution in [0, 0.1) is 5.92 Å². The Morgan fingerprint density at radius 2 is 1.94 bits per heavy atom. The molecule has 0 N–H and O–H groups in total. The summed E-state index contributed by atoms with van der Waals surface area (Å²) in [4.78, 5) is 11.1. The molecule has 1 aromatic carbocycles. The Morgan fingerprint density at radius 3 is 2.39 bits per heavy atom. The van der Waals surface area contributed by atoms with Gasteiger partial charge in [-0.05, 0) is 41.5 Å². The molecule has 2 unspecified atom stereocenters. The van der Waals surface area contributed by atoms with Crippen LogP contribution in [0.25, 0.3) is 0 Å². The van der Waals surface area contributed by atoms with Crippen molar-refractivity contribution in [2.24, 2.45) is 5.92 Å². The minimum absolute atomic E-state index is 0.254. The Hall–Kier alpha value is -0.970. The van der Waals surface area contributed by atoms with Gasteiger partial charge < -0.3 is 4.79 Å². The van der Waals surface area contributed by atoms with Crippen molar-refractivity contribution in [2.45, 2.75) is 18.5 Å². The summed E-state index contributed by atoms with van der Waals surface area (Å²) in [7, 11) is 0. The molecule has 1 aliphatic rings. The quantitative estimate of drug-likeness (QED) is 0.781. The molecule has 98 valence electrons. The van der Waals surface area contributed by atoms with Crippen molar-refractivity contribution in [1.29, 1.82) is 0 Å². The summed E-state index contributed by atoms with van der Waals surface area (Å²) in [6.45, 7) is 0. The molecular weight excluding hydrogens is 261 g/mol. The third-order valence-electron chi connectivity index (χ3n) is 3.24. The van der Waals surface area contributed by atoms with Gasteiger partial charge in [0.15, 0.2) is 0 Å². The highest BCUT2D eigenvalue weighted by Gasteiger charge is 2.31. The van der Waals surface area contributed by atoms with E-state index in [0.29, 0.717) is 5.56 Å². The van der Waals surface area contributed by atoms with Crippen LogP contribution in [0.5, 0.6) is 0 Å². The summed E-state index contributed by atoms with van der Waals surface area (Å²) in [5.41, 5.74) is 0.0159. The molecule has 1 nitrogen and oxygen atoms in total. The van der Waals surface area contributed by atoms with Crippen molar-refractivity contribution >= 4 is 18.0 Å². The molecule has 18 heavy (non-hydrogen) atoms. The normalized spacial score (nSPS) is 21.8. The van der Waals surface area contributed by atoms with Gasteiger partial charge in [0.05, 0.1) is 5.56 Å². The Kier molecular flexibility index (Phi) is 4.00. The zero-order valence-electron chi connectivity index (χ0n) is 9.61. The molecule has 0 aliphatic carbocycles. The lowest BCUT2D eigenvalue weighted by atomic mass is 9.86. The Balaban J connectivity index is 2.19. The van der Waals surface area contributed by atoms with Crippen LogP contribution in [-0.4, -0.2) is 17.8 Å². The van der Waals surface area contributed by atoms with E-state index in [1.165, 1.54) is 12.1 Å². The maximum Gasteiger partial charge on any atom is 0.416 e. The predicted octanol–water partition coefficient (Wildman–Crippen LogP) is 3.74. The van der Waals surface area contributed by atoms with Crippen LogP contribution in [0.1, 0.15) is 23.5 Å². The van der Waals surface area contributed by atoms with Gasteiger partial charge in [0.25, 0.3) is 0 Å². The fourth-order valence-corrected chi connectivity index (χ4v) is 3.50. The standard InChI is InChI=1S/C13H13F3OS/c14-13(15,16)11-3-1-9(2-4-11)12(7-17)10-5-6-18-8-10/h1-4,7,10,12H,5-6,8H2. The molecule has 1 aromatic rings. The van der Waals surface area contributed by atoms with E-state index in [1.807, 2.05) is 0 Å². The van der Waals surface area contributed by atoms with Crippen LogP contribution in [0.15, 0.2) is 24.3 Å². The molecule has 1 saturated heterocycles. The van der Waals surface area contributed by atoms with Gasteiger partial charge in [0, 0.05) is 5.92 Å². The highest BCUT2D eigenvalue weighted by Crippen LogP contribution is 2.36. The summed E-state index contributed by atoms with van der Waals surface area (Å²) in [5.74, 6) is 1.91. The van der Waals surface area contributed by atoms with Gasteiger partial charge in [-0.1, -0.05) is 12.1 Å². The van der Waals surface area contributed by atoms with Gasteiger partial charge in [-0.15, -0.1) is 0 Å². The average Bonchev–Trinajstić information content (AvgIpc) is 2.83. The molecule has 2 rings (SSSR count). The molecule has 0 bridgehead atoms. The van der Waals surface area contributed by atoms with Gasteiger partial charge >= 0.3 is 6.18 Å². The van der Waals surface area contributed by atoms with Crippen molar-refractivity contribution in [3.05, 3.63) is 35.4 Å². The Bertz CT molecular complexity index is 407. The van der Waals surface area contributed by atoms with Gasteiger partial charge in [0.2, 0.25) is 0 Å².